The van der Waals surface area contributed by atoms with Gasteiger partial charge in [0.2, 0.25) is 0 Å². The molecule has 2 aromatic rings. The zero-order chi connectivity index (χ0) is 14.2. The Morgan fingerprint density at radius 1 is 1.15 bits per heavy atom. The zero-order valence-electron chi connectivity index (χ0n) is 12.3. The second-order valence-electron chi connectivity index (χ2n) is 6.74. The molecule has 0 aliphatic heterocycles. The average molecular weight is 269 g/mol. The highest BCUT2D eigenvalue weighted by Gasteiger charge is 2.36. The maximum atomic E-state index is 11.0. The summed E-state index contributed by atoms with van der Waals surface area (Å²) in [5.41, 5.74) is 1.69. The molecule has 0 bridgehead atoms. The van der Waals surface area contributed by atoms with E-state index in [0.717, 1.165) is 24.8 Å². The van der Waals surface area contributed by atoms with Crippen LogP contribution in [0, 0.1) is 11.8 Å². The monoisotopic (exact) mass is 269 g/mol. The molecule has 0 radical (unpaired) electrons. The summed E-state index contributed by atoms with van der Waals surface area (Å²) in [6.45, 7) is 4.51. The van der Waals surface area contributed by atoms with E-state index in [1.165, 1.54) is 17.4 Å². The third-order valence-electron chi connectivity index (χ3n) is 4.52. The van der Waals surface area contributed by atoms with Crippen LogP contribution in [0.2, 0.25) is 0 Å². The summed E-state index contributed by atoms with van der Waals surface area (Å²) in [6, 6.07) is 10.3. The molecule has 0 amide bonds. The van der Waals surface area contributed by atoms with Crippen molar-refractivity contribution in [3.63, 3.8) is 0 Å². The molecule has 2 nitrogen and oxygen atoms in total. The topological polar surface area (TPSA) is 33.1 Å². The lowest BCUT2D eigenvalue weighted by Crippen LogP contribution is -2.39. The van der Waals surface area contributed by atoms with Crippen molar-refractivity contribution in [2.45, 2.75) is 45.1 Å². The Hall–Kier alpha value is -1.41. The van der Waals surface area contributed by atoms with Gasteiger partial charge in [-0.05, 0) is 48.8 Å². The minimum absolute atomic E-state index is 0.554. The fourth-order valence-electron chi connectivity index (χ4n) is 4.04. The van der Waals surface area contributed by atoms with Crippen LogP contribution in [-0.4, -0.2) is 15.7 Å². The van der Waals surface area contributed by atoms with Crippen LogP contribution in [0.25, 0.3) is 10.9 Å². The number of hydrogen-bond donors (Lipinski definition) is 1. The van der Waals surface area contributed by atoms with E-state index < -0.39 is 5.60 Å². The first kappa shape index (κ1) is 13.6. The second-order valence-corrected chi connectivity index (χ2v) is 6.74. The van der Waals surface area contributed by atoms with Crippen molar-refractivity contribution >= 4 is 10.9 Å². The van der Waals surface area contributed by atoms with E-state index in [4.69, 9.17) is 0 Å². The van der Waals surface area contributed by atoms with E-state index in [1.54, 1.807) is 0 Å². The van der Waals surface area contributed by atoms with Crippen LogP contribution in [0.4, 0.5) is 0 Å². The molecule has 106 valence electrons. The summed E-state index contributed by atoms with van der Waals surface area (Å²) in [5.74, 6) is 1.22. The van der Waals surface area contributed by atoms with Crippen molar-refractivity contribution in [1.82, 2.24) is 4.98 Å². The second kappa shape index (κ2) is 5.17. The molecule has 2 unspecified atom stereocenters. The van der Waals surface area contributed by atoms with Crippen molar-refractivity contribution in [3.05, 3.63) is 42.1 Å². The fraction of sp³-hybridized carbons (Fsp3) is 0.500. The number of fused-ring (bicyclic) bond motifs is 1. The van der Waals surface area contributed by atoms with Crippen LogP contribution < -0.4 is 0 Å². The molecule has 1 aromatic carbocycles. The summed E-state index contributed by atoms with van der Waals surface area (Å²) in [4.78, 5) is 4.41. The van der Waals surface area contributed by atoms with Gasteiger partial charge < -0.3 is 5.11 Å². The largest absolute Gasteiger partial charge is 0.390 e. The smallest absolute Gasteiger partial charge is 0.0704 e. The molecule has 2 heteroatoms. The number of hydrogen-bond acceptors (Lipinski definition) is 2. The van der Waals surface area contributed by atoms with Gasteiger partial charge in [0.15, 0.2) is 0 Å². The first-order valence-corrected chi connectivity index (χ1v) is 7.61. The van der Waals surface area contributed by atoms with Crippen molar-refractivity contribution in [3.8, 4) is 0 Å². The van der Waals surface area contributed by atoms with E-state index in [-0.39, 0.29) is 0 Å². The zero-order valence-corrected chi connectivity index (χ0v) is 12.3. The third-order valence-corrected chi connectivity index (χ3v) is 4.52. The number of pyridine rings is 1. The Bertz CT molecular complexity index is 592. The summed E-state index contributed by atoms with van der Waals surface area (Å²) in [6.07, 6.45) is 5.66. The van der Waals surface area contributed by atoms with Gasteiger partial charge in [0.05, 0.1) is 11.1 Å². The van der Waals surface area contributed by atoms with Crippen LogP contribution in [0.3, 0.4) is 0 Å². The average Bonchev–Trinajstić information content (AvgIpc) is 2.37. The molecule has 2 atom stereocenters. The molecule has 20 heavy (non-hydrogen) atoms. The van der Waals surface area contributed by atoms with E-state index in [2.05, 4.69) is 31.0 Å². The lowest BCUT2D eigenvalue weighted by molar-refractivity contribution is -0.0302. The number of para-hydroxylation sites is 1. The lowest BCUT2D eigenvalue weighted by atomic mass is 9.71. The van der Waals surface area contributed by atoms with Gasteiger partial charge in [-0.25, -0.2) is 0 Å². The molecule has 1 aromatic heterocycles. The number of nitrogens with zero attached hydrogens (tertiary/aromatic N) is 1. The quantitative estimate of drug-likeness (QED) is 0.895. The Morgan fingerprint density at radius 3 is 2.60 bits per heavy atom. The Balaban J connectivity index is 1.92. The molecule has 0 spiro atoms. The van der Waals surface area contributed by atoms with Gasteiger partial charge >= 0.3 is 0 Å². The predicted octanol–water partition coefficient (Wildman–Crippen LogP) is 3.96. The van der Waals surface area contributed by atoms with Crippen molar-refractivity contribution < 1.29 is 5.11 Å². The summed E-state index contributed by atoms with van der Waals surface area (Å²) < 4.78 is 0. The van der Waals surface area contributed by atoms with E-state index in [9.17, 15) is 5.11 Å². The maximum Gasteiger partial charge on any atom is 0.0704 e. The summed E-state index contributed by atoms with van der Waals surface area (Å²) >= 11 is 0. The lowest BCUT2D eigenvalue weighted by Gasteiger charge is -2.39. The maximum absolute atomic E-state index is 11.0. The molecular weight excluding hydrogens is 246 g/mol. The SMILES string of the molecule is CC1CC(C)CC(O)(Cc2ccnc3ccccc23)C1. The normalized spacial score (nSPS) is 30.6. The summed E-state index contributed by atoms with van der Waals surface area (Å²) in [5, 5.41) is 12.2. The van der Waals surface area contributed by atoms with Crippen LogP contribution in [0.5, 0.6) is 0 Å². The van der Waals surface area contributed by atoms with Gasteiger partial charge in [-0.1, -0.05) is 32.0 Å². The number of rotatable bonds is 2. The van der Waals surface area contributed by atoms with E-state index in [0.29, 0.717) is 11.8 Å². The molecule has 1 fully saturated rings. The molecule has 1 aliphatic rings. The molecular formula is C18H23NO. The highest BCUT2D eigenvalue weighted by atomic mass is 16.3. The third kappa shape index (κ3) is 2.71. The van der Waals surface area contributed by atoms with Crippen molar-refractivity contribution in [2.75, 3.05) is 0 Å². The van der Waals surface area contributed by atoms with Crippen LogP contribution in [-0.2, 0) is 6.42 Å². The highest BCUT2D eigenvalue weighted by molar-refractivity contribution is 5.81. The van der Waals surface area contributed by atoms with Gasteiger partial charge in [-0.3, -0.25) is 4.98 Å². The minimum atomic E-state index is -0.554. The standard InChI is InChI=1S/C18H23NO/c1-13-9-14(2)11-18(20,10-13)12-15-7-8-19-17-6-4-3-5-16(15)17/h3-8,13-14,20H,9-12H2,1-2H3. The number of benzene rings is 1. The Kier molecular flexibility index (Phi) is 3.51. The Labute approximate surface area is 120 Å². The highest BCUT2D eigenvalue weighted by Crippen LogP contribution is 2.38. The van der Waals surface area contributed by atoms with E-state index >= 15 is 0 Å². The first-order chi connectivity index (χ1) is 9.56. The number of aliphatic hydroxyl groups is 1. The van der Waals surface area contributed by atoms with Crippen molar-refractivity contribution in [1.29, 1.82) is 0 Å². The van der Waals surface area contributed by atoms with Crippen LogP contribution in [0.1, 0.15) is 38.7 Å². The first-order valence-electron chi connectivity index (χ1n) is 7.61. The fourth-order valence-corrected chi connectivity index (χ4v) is 4.04. The predicted molar refractivity (Wildman–Crippen MR) is 82.6 cm³/mol. The number of aromatic nitrogens is 1. The van der Waals surface area contributed by atoms with E-state index in [1.807, 2.05) is 24.4 Å². The van der Waals surface area contributed by atoms with Crippen LogP contribution >= 0.6 is 0 Å². The molecule has 1 aliphatic carbocycles. The van der Waals surface area contributed by atoms with Gasteiger partial charge in [0.1, 0.15) is 0 Å². The van der Waals surface area contributed by atoms with Gasteiger partial charge in [0.25, 0.3) is 0 Å². The molecule has 1 heterocycles. The molecule has 1 N–H and O–H groups in total. The van der Waals surface area contributed by atoms with Gasteiger partial charge in [0, 0.05) is 18.0 Å². The Morgan fingerprint density at radius 2 is 1.85 bits per heavy atom. The van der Waals surface area contributed by atoms with Crippen LogP contribution in [0.15, 0.2) is 36.5 Å². The molecule has 3 rings (SSSR count). The molecule has 0 saturated heterocycles. The van der Waals surface area contributed by atoms with Crippen molar-refractivity contribution in [2.24, 2.45) is 11.8 Å². The summed E-state index contributed by atoms with van der Waals surface area (Å²) in [7, 11) is 0. The minimum Gasteiger partial charge on any atom is -0.390 e. The van der Waals surface area contributed by atoms with Gasteiger partial charge in [-0.2, -0.15) is 0 Å². The van der Waals surface area contributed by atoms with Gasteiger partial charge in [-0.15, -0.1) is 0 Å². The molecule has 1 saturated carbocycles.